The summed E-state index contributed by atoms with van der Waals surface area (Å²) >= 11 is 0. The molecule has 2 rings (SSSR count). The molecule has 0 heterocycles. The maximum absolute atomic E-state index is 12.8. The average Bonchev–Trinajstić information content (AvgIpc) is 2.60. The Bertz CT molecular complexity index is 925. The summed E-state index contributed by atoms with van der Waals surface area (Å²) in [6, 6.07) is 9.72. The monoisotopic (exact) mass is 363 g/mol. The summed E-state index contributed by atoms with van der Waals surface area (Å²) in [4.78, 5) is 23.8. The molecule has 0 saturated carbocycles. The van der Waals surface area contributed by atoms with E-state index in [1.54, 1.807) is 18.2 Å². The number of para-hydroxylation sites is 1. The summed E-state index contributed by atoms with van der Waals surface area (Å²) in [5, 5.41) is 10.00. The van der Waals surface area contributed by atoms with Crippen molar-refractivity contribution in [1.82, 2.24) is 5.32 Å². The van der Waals surface area contributed by atoms with Gasteiger partial charge in [-0.25, -0.2) is 18.4 Å². The minimum Gasteiger partial charge on any atom is -0.496 e. The third-order valence-electron chi connectivity index (χ3n) is 3.37. The second-order valence-corrected chi connectivity index (χ2v) is 6.52. The number of methoxy groups -OCH3 is 1. The molecule has 0 bridgehead atoms. The molecule has 0 fully saturated rings. The number of hydrogen-bond donors (Lipinski definition) is 3. The molecule has 0 radical (unpaired) electrons. The van der Waals surface area contributed by atoms with Crippen LogP contribution in [0.4, 0.5) is 10.5 Å². The van der Waals surface area contributed by atoms with Gasteiger partial charge in [-0.15, -0.1) is 0 Å². The predicted octanol–water partition coefficient (Wildman–Crippen LogP) is 1.32. The topological polar surface area (TPSA) is 128 Å². The van der Waals surface area contributed by atoms with E-state index in [1.807, 2.05) is 0 Å². The van der Waals surface area contributed by atoms with Crippen LogP contribution in [-0.4, -0.2) is 34.4 Å². The first-order valence-corrected chi connectivity index (χ1v) is 8.66. The van der Waals surface area contributed by atoms with Gasteiger partial charge in [0.2, 0.25) is 10.0 Å². The standard InChI is InChI=1S/C16H17N3O5S/c1-18-16(21)19-10-7-8-12(14(9-10)25(17,22)23)15(20)11-5-3-4-6-13(11)24-2/h3-9H,1-2H3,(H2,17,22,23)(H2,18,19,21). The maximum atomic E-state index is 12.8. The summed E-state index contributed by atoms with van der Waals surface area (Å²) in [7, 11) is -1.39. The maximum Gasteiger partial charge on any atom is 0.318 e. The molecule has 0 aliphatic rings. The highest BCUT2D eigenvalue weighted by Crippen LogP contribution is 2.26. The smallest absolute Gasteiger partial charge is 0.318 e. The number of benzene rings is 2. The molecule has 0 unspecified atom stereocenters. The molecule has 9 heteroatoms. The highest BCUT2D eigenvalue weighted by atomic mass is 32.2. The number of rotatable bonds is 5. The van der Waals surface area contributed by atoms with Gasteiger partial charge in [0.25, 0.3) is 0 Å². The quantitative estimate of drug-likeness (QED) is 0.691. The molecule has 0 atom stereocenters. The van der Waals surface area contributed by atoms with Crippen molar-refractivity contribution in [3.8, 4) is 5.75 Å². The van der Waals surface area contributed by atoms with Crippen LogP contribution < -0.4 is 20.5 Å². The Morgan fingerprint density at radius 3 is 2.36 bits per heavy atom. The molecule has 4 N–H and O–H groups in total. The third-order valence-corrected chi connectivity index (χ3v) is 4.32. The molecular formula is C16H17N3O5S. The lowest BCUT2D eigenvalue weighted by molar-refractivity contribution is 0.103. The van der Waals surface area contributed by atoms with Gasteiger partial charge in [-0.1, -0.05) is 12.1 Å². The molecular weight excluding hydrogens is 346 g/mol. The molecule has 0 aliphatic heterocycles. The summed E-state index contributed by atoms with van der Waals surface area (Å²) < 4.78 is 29.0. The van der Waals surface area contributed by atoms with E-state index in [9.17, 15) is 18.0 Å². The number of carbonyl (C=O) groups excluding carboxylic acids is 2. The molecule has 0 aromatic heterocycles. The van der Waals surface area contributed by atoms with Gasteiger partial charge in [0.15, 0.2) is 5.78 Å². The molecule has 2 aromatic carbocycles. The van der Waals surface area contributed by atoms with Crippen molar-refractivity contribution in [3.05, 3.63) is 53.6 Å². The first kappa shape index (κ1) is 18.4. The van der Waals surface area contributed by atoms with E-state index in [4.69, 9.17) is 9.88 Å². The van der Waals surface area contributed by atoms with E-state index < -0.39 is 26.7 Å². The Labute approximate surface area is 145 Å². The number of ketones is 1. The second kappa shape index (κ2) is 7.32. The lowest BCUT2D eigenvalue weighted by Crippen LogP contribution is -2.25. The van der Waals surface area contributed by atoms with Crippen LogP contribution in [0.3, 0.4) is 0 Å². The zero-order valence-corrected chi connectivity index (χ0v) is 14.4. The number of anilines is 1. The molecule has 132 valence electrons. The number of primary sulfonamides is 1. The predicted molar refractivity (Wildman–Crippen MR) is 92.3 cm³/mol. The van der Waals surface area contributed by atoms with Crippen molar-refractivity contribution in [2.75, 3.05) is 19.5 Å². The van der Waals surface area contributed by atoms with Crippen LogP contribution in [0.2, 0.25) is 0 Å². The van der Waals surface area contributed by atoms with Crippen LogP contribution in [-0.2, 0) is 10.0 Å². The third kappa shape index (κ3) is 4.14. The van der Waals surface area contributed by atoms with Gasteiger partial charge in [0, 0.05) is 18.3 Å². The van der Waals surface area contributed by atoms with Gasteiger partial charge < -0.3 is 15.4 Å². The molecule has 25 heavy (non-hydrogen) atoms. The molecule has 0 spiro atoms. The SMILES string of the molecule is CNC(=O)Nc1ccc(C(=O)c2ccccc2OC)c(S(N)(=O)=O)c1. The average molecular weight is 363 g/mol. The van der Waals surface area contributed by atoms with E-state index in [0.717, 1.165) is 6.07 Å². The largest absolute Gasteiger partial charge is 0.496 e. The molecule has 0 aliphatic carbocycles. The van der Waals surface area contributed by atoms with Crippen molar-refractivity contribution >= 4 is 27.5 Å². The highest BCUT2D eigenvalue weighted by molar-refractivity contribution is 7.89. The lowest BCUT2D eigenvalue weighted by Gasteiger charge is -2.12. The zero-order chi connectivity index (χ0) is 18.6. The van der Waals surface area contributed by atoms with Crippen molar-refractivity contribution in [2.24, 2.45) is 5.14 Å². The molecule has 2 aromatic rings. The van der Waals surface area contributed by atoms with E-state index in [0.29, 0.717) is 5.75 Å². The number of sulfonamides is 1. The first-order valence-electron chi connectivity index (χ1n) is 7.11. The van der Waals surface area contributed by atoms with Gasteiger partial charge in [-0.3, -0.25) is 4.79 Å². The van der Waals surface area contributed by atoms with E-state index >= 15 is 0 Å². The van der Waals surface area contributed by atoms with Crippen LogP contribution in [0.15, 0.2) is 47.4 Å². The van der Waals surface area contributed by atoms with Crippen molar-refractivity contribution in [3.63, 3.8) is 0 Å². The van der Waals surface area contributed by atoms with Crippen LogP contribution >= 0.6 is 0 Å². The van der Waals surface area contributed by atoms with Gasteiger partial charge in [-0.2, -0.15) is 0 Å². The highest BCUT2D eigenvalue weighted by Gasteiger charge is 2.23. The fourth-order valence-corrected chi connectivity index (χ4v) is 2.95. The van der Waals surface area contributed by atoms with Crippen molar-refractivity contribution < 1.29 is 22.7 Å². The Hall–Kier alpha value is -2.91. The fraction of sp³-hybridized carbons (Fsp3) is 0.125. The molecule has 8 nitrogen and oxygen atoms in total. The van der Waals surface area contributed by atoms with E-state index in [-0.39, 0.29) is 16.8 Å². The van der Waals surface area contributed by atoms with Crippen LogP contribution in [0, 0.1) is 0 Å². The molecule has 2 amide bonds. The number of carbonyl (C=O) groups is 2. The second-order valence-electron chi connectivity index (χ2n) is 4.99. The van der Waals surface area contributed by atoms with Crippen LogP contribution in [0.25, 0.3) is 0 Å². The van der Waals surface area contributed by atoms with Gasteiger partial charge in [-0.05, 0) is 30.3 Å². The minimum absolute atomic E-state index is 0.116. The number of hydrogen-bond acceptors (Lipinski definition) is 5. The van der Waals surface area contributed by atoms with Crippen LogP contribution in [0.1, 0.15) is 15.9 Å². The van der Waals surface area contributed by atoms with Gasteiger partial charge in [0.1, 0.15) is 5.75 Å². The summed E-state index contributed by atoms with van der Waals surface area (Å²) in [6.07, 6.45) is 0. The first-order chi connectivity index (χ1) is 11.8. The summed E-state index contributed by atoms with van der Waals surface area (Å²) in [5.74, 6) is -0.256. The van der Waals surface area contributed by atoms with Gasteiger partial charge >= 0.3 is 6.03 Å². The number of nitrogens with one attached hydrogen (secondary N) is 2. The van der Waals surface area contributed by atoms with E-state index in [2.05, 4.69) is 10.6 Å². The minimum atomic E-state index is -4.20. The van der Waals surface area contributed by atoms with Crippen LogP contribution in [0.5, 0.6) is 5.75 Å². The number of nitrogens with two attached hydrogens (primary N) is 1. The lowest BCUT2D eigenvalue weighted by atomic mass is 10.0. The summed E-state index contributed by atoms with van der Waals surface area (Å²) in [5.41, 5.74) is 0.260. The number of amides is 2. The van der Waals surface area contributed by atoms with E-state index in [1.165, 1.54) is 32.4 Å². The Morgan fingerprint density at radius 1 is 1.08 bits per heavy atom. The molecule has 0 saturated heterocycles. The zero-order valence-electron chi connectivity index (χ0n) is 13.6. The summed E-state index contributed by atoms with van der Waals surface area (Å²) in [6.45, 7) is 0. The van der Waals surface area contributed by atoms with Gasteiger partial charge in [0.05, 0.1) is 17.6 Å². The Balaban J connectivity index is 2.57. The van der Waals surface area contributed by atoms with Crippen molar-refractivity contribution in [1.29, 1.82) is 0 Å². The number of urea groups is 1. The van der Waals surface area contributed by atoms with Crippen molar-refractivity contribution in [2.45, 2.75) is 4.90 Å². The Kier molecular flexibility index (Phi) is 5.40. The fourth-order valence-electron chi connectivity index (χ4n) is 2.19. The normalized spacial score (nSPS) is 10.8. The number of ether oxygens (including phenoxy) is 1. The Morgan fingerprint density at radius 2 is 1.76 bits per heavy atom.